The number of likely N-dealkylation sites (N-methyl/N-ethyl adjacent to an activating group) is 1. The van der Waals surface area contributed by atoms with Crippen molar-refractivity contribution in [1.29, 1.82) is 0 Å². The lowest BCUT2D eigenvalue weighted by molar-refractivity contribution is 0.159. The van der Waals surface area contributed by atoms with Crippen LogP contribution in [0.4, 0.5) is 0 Å². The molecule has 0 aromatic heterocycles. The van der Waals surface area contributed by atoms with Gasteiger partial charge in [0.1, 0.15) is 0 Å². The Hall–Kier alpha value is -0.120. The van der Waals surface area contributed by atoms with Crippen molar-refractivity contribution < 1.29 is 9.47 Å². The molecule has 0 radical (unpaired) electrons. The van der Waals surface area contributed by atoms with Crippen molar-refractivity contribution in [2.24, 2.45) is 0 Å². The van der Waals surface area contributed by atoms with Crippen LogP contribution < -0.4 is 5.32 Å². The van der Waals surface area contributed by atoms with Gasteiger partial charge in [-0.3, -0.25) is 0 Å². The molecule has 0 amide bonds. The van der Waals surface area contributed by atoms with Gasteiger partial charge < -0.3 is 14.8 Å². The lowest BCUT2D eigenvalue weighted by Gasteiger charge is -2.14. The predicted octanol–water partition coefficient (Wildman–Crippen LogP) is 1.04. The smallest absolute Gasteiger partial charge is 0.0615 e. The normalized spacial score (nSPS) is 13.2. The van der Waals surface area contributed by atoms with E-state index < -0.39 is 0 Å². The Labute approximate surface area is 75.4 Å². The third kappa shape index (κ3) is 6.58. The number of hydrogen-bond donors (Lipinski definition) is 1. The molecule has 1 atom stereocenters. The number of unbranched alkanes of at least 4 members (excludes halogenated alkanes) is 1. The number of hydrogen-bond acceptors (Lipinski definition) is 3. The Morgan fingerprint density at radius 1 is 1.17 bits per heavy atom. The summed E-state index contributed by atoms with van der Waals surface area (Å²) in [6.45, 7) is 1.66. The summed E-state index contributed by atoms with van der Waals surface area (Å²) in [5.74, 6) is 0. The maximum Gasteiger partial charge on any atom is 0.0615 e. The zero-order valence-corrected chi connectivity index (χ0v) is 8.43. The van der Waals surface area contributed by atoms with Crippen molar-refractivity contribution in [3.8, 4) is 0 Å². The first-order valence-electron chi connectivity index (χ1n) is 4.50. The van der Waals surface area contributed by atoms with E-state index in [1.807, 2.05) is 7.05 Å². The summed E-state index contributed by atoms with van der Waals surface area (Å²) >= 11 is 0. The fourth-order valence-electron chi connectivity index (χ4n) is 1.15. The van der Waals surface area contributed by atoms with Gasteiger partial charge >= 0.3 is 0 Å². The molecule has 0 heterocycles. The standard InChI is InChI=1S/C9H21NO2/c1-10-9(8-12-3)6-4-5-7-11-2/h9-10H,4-8H2,1-3H3. The van der Waals surface area contributed by atoms with E-state index in [-0.39, 0.29) is 0 Å². The highest BCUT2D eigenvalue weighted by Gasteiger charge is 2.03. The fraction of sp³-hybridized carbons (Fsp3) is 1.00. The summed E-state index contributed by atoms with van der Waals surface area (Å²) in [4.78, 5) is 0. The maximum absolute atomic E-state index is 5.06. The molecule has 0 rings (SSSR count). The van der Waals surface area contributed by atoms with Crippen molar-refractivity contribution in [3.63, 3.8) is 0 Å². The molecule has 0 saturated heterocycles. The highest BCUT2D eigenvalue weighted by Crippen LogP contribution is 2.00. The molecule has 0 fully saturated rings. The van der Waals surface area contributed by atoms with Gasteiger partial charge in [0, 0.05) is 26.9 Å². The molecule has 1 N–H and O–H groups in total. The van der Waals surface area contributed by atoms with Crippen LogP contribution in [0.3, 0.4) is 0 Å². The second-order valence-corrected chi connectivity index (χ2v) is 2.93. The van der Waals surface area contributed by atoms with Crippen LogP contribution in [0.2, 0.25) is 0 Å². The van der Waals surface area contributed by atoms with E-state index in [0.29, 0.717) is 6.04 Å². The van der Waals surface area contributed by atoms with Gasteiger partial charge in [0.25, 0.3) is 0 Å². The summed E-state index contributed by atoms with van der Waals surface area (Å²) < 4.78 is 10.0. The molecule has 0 aromatic rings. The second kappa shape index (κ2) is 8.97. The summed E-state index contributed by atoms with van der Waals surface area (Å²) in [5, 5.41) is 3.21. The van der Waals surface area contributed by atoms with Crippen molar-refractivity contribution in [2.75, 3.05) is 34.5 Å². The average molecular weight is 175 g/mol. The largest absolute Gasteiger partial charge is 0.385 e. The molecule has 3 heteroatoms. The van der Waals surface area contributed by atoms with E-state index in [9.17, 15) is 0 Å². The second-order valence-electron chi connectivity index (χ2n) is 2.93. The highest BCUT2D eigenvalue weighted by atomic mass is 16.5. The molecule has 0 bridgehead atoms. The van der Waals surface area contributed by atoms with E-state index in [1.165, 1.54) is 6.42 Å². The van der Waals surface area contributed by atoms with Crippen LogP contribution in [0.15, 0.2) is 0 Å². The molecule has 0 aliphatic heterocycles. The number of methoxy groups -OCH3 is 2. The van der Waals surface area contributed by atoms with E-state index in [4.69, 9.17) is 9.47 Å². The molecule has 0 aliphatic rings. The summed E-state index contributed by atoms with van der Waals surface area (Å²) in [5.41, 5.74) is 0. The first-order valence-corrected chi connectivity index (χ1v) is 4.50. The van der Waals surface area contributed by atoms with Crippen molar-refractivity contribution in [2.45, 2.75) is 25.3 Å². The fourth-order valence-corrected chi connectivity index (χ4v) is 1.15. The summed E-state index contributed by atoms with van der Waals surface area (Å²) in [7, 11) is 5.45. The zero-order valence-electron chi connectivity index (χ0n) is 8.43. The topological polar surface area (TPSA) is 30.5 Å². The Morgan fingerprint density at radius 3 is 2.42 bits per heavy atom. The van der Waals surface area contributed by atoms with Crippen LogP contribution >= 0.6 is 0 Å². The molecular weight excluding hydrogens is 154 g/mol. The minimum Gasteiger partial charge on any atom is -0.385 e. The highest BCUT2D eigenvalue weighted by molar-refractivity contribution is 4.62. The van der Waals surface area contributed by atoms with Crippen molar-refractivity contribution in [1.82, 2.24) is 5.32 Å². The van der Waals surface area contributed by atoms with Gasteiger partial charge in [-0.15, -0.1) is 0 Å². The minimum absolute atomic E-state index is 0.492. The molecule has 0 aliphatic carbocycles. The quantitative estimate of drug-likeness (QED) is 0.559. The summed E-state index contributed by atoms with van der Waals surface area (Å²) in [6.07, 6.45) is 3.49. The molecule has 1 unspecified atom stereocenters. The Balaban J connectivity index is 3.19. The van der Waals surface area contributed by atoms with Gasteiger partial charge in [-0.25, -0.2) is 0 Å². The predicted molar refractivity (Wildman–Crippen MR) is 50.5 cm³/mol. The third-order valence-corrected chi connectivity index (χ3v) is 1.93. The molecule has 3 nitrogen and oxygen atoms in total. The molecule has 0 spiro atoms. The first kappa shape index (κ1) is 11.9. The molecule has 12 heavy (non-hydrogen) atoms. The minimum atomic E-state index is 0.492. The lowest BCUT2D eigenvalue weighted by Crippen LogP contribution is -2.29. The van der Waals surface area contributed by atoms with Crippen LogP contribution in [0.1, 0.15) is 19.3 Å². The van der Waals surface area contributed by atoms with Crippen LogP contribution in [0.5, 0.6) is 0 Å². The molecular formula is C9H21NO2. The Kier molecular flexibility index (Phi) is 8.88. The third-order valence-electron chi connectivity index (χ3n) is 1.93. The van der Waals surface area contributed by atoms with Crippen LogP contribution in [0.25, 0.3) is 0 Å². The van der Waals surface area contributed by atoms with E-state index in [0.717, 1.165) is 26.1 Å². The van der Waals surface area contributed by atoms with Gasteiger partial charge in [-0.05, 0) is 26.3 Å². The van der Waals surface area contributed by atoms with Gasteiger partial charge in [0.2, 0.25) is 0 Å². The summed E-state index contributed by atoms with van der Waals surface area (Å²) in [6, 6.07) is 0.492. The van der Waals surface area contributed by atoms with Crippen LogP contribution in [-0.2, 0) is 9.47 Å². The van der Waals surface area contributed by atoms with E-state index >= 15 is 0 Å². The van der Waals surface area contributed by atoms with Gasteiger partial charge in [0.15, 0.2) is 0 Å². The van der Waals surface area contributed by atoms with Gasteiger partial charge in [-0.2, -0.15) is 0 Å². The number of ether oxygens (including phenoxy) is 2. The molecule has 74 valence electrons. The first-order chi connectivity index (χ1) is 5.85. The SMILES string of the molecule is CNC(CCCCOC)COC. The van der Waals surface area contributed by atoms with Crippen molar-refractivity contribution >= 4 is 0 Å². The number of nitrogens with one attached hydrogen (secondary N) is 1. The Bertz CT molecular complexity index is 88.6. The van der Waals surface area contributed by atoms with E-state index in [2.05, 4.69) is 5.32 Å². The maximum atomic E-state index is 5.06. The molecule has 0 aromatic carbocycles. The lowest BCUT2D eigenvalue weighted by atomic mass is 10.1. The Morgan fingerprint density at radius 2 is 1.92 bits per heavy atom. The van der Waals surface area contributed by atoms with Gasteiger partial charge in [0.05, 0.1) is 6.61 Å². The zero-order chi connectivity index (χ0) is 9.23. The average Bonchev–Trinajstić information content (AvgIpc) is 2.10. The monoisotopic (exact) mass is 175 g/mol. The van der Waals surface area contributed by atoms with Crippen molar-refractivity contribution in [3.05, 3.63) is 0 Å². The van der Waals surface area contributed by atoms with Crippen LogP contribution in [-0.4, -0.2) is 40.5 Å². The van der Waals surface area contributed by atoms with Crippen LogP contribution in [0, 0.1) is 0 Å². The van der Waals surface area contributed by atoms with E-state index in [1.54, 1.807) is 14.2 Å². The number of rotatable bonds is 8. The van der Waals surface area contributed by atoms with Gasteiger partial charge in [-0.1, -0.05) is 0 Å². The molecule has 0 saturated carbocycles.